The number of nitro groups is 1. The number of non-ortho nitro benzene ring substituents is 1. The van der Waals surface area contributed by atoms with Crippen LogP contribution in [0.2, 0.25) is 0 Å². The van der Waals surface area contributed by atoms with Crippen LogP contribution < -0.4 is 9.47 Å². The van der Waals surface area contributed by atoms with Gasteiger partial charge in [0.05, 0.1) is 30.9 Å². The van der Waals surface area contributed by atoms with Crippen LogP contribution in [0.1, 0.15) is 64.2 Å². The zero-order valence-electron chi connectivity index (χ0n) is 19.7. The molecule has 7 nitrogen and oxygen atoms in total. The number of nitrogens with zero attached hydrogens (tertiary/aromatic N) is 2. The number of carbonyl (C=O) groups excluding carboxylic acids is 1. The third-order valence-electron chi connectivity index (χ3n) is 7.00. The van der Waals surface area contributed by atoms with Gasteiger partial charge in [-0.1, -0.05) is 37.1 Å². The number of ether oxygens (including phenoxy) is 2. The maximum absolute atomic E-state index is 12.9. The summed E-state index contributed by atoms with van der Waals surface area (Å²) in [5, 5.41) is 10.9. The molecule has 5 rings (SSSR count). The number of fused-ring (bicyclic) bond motifs is 3. The Balaban J connectivity index is 1.50. The number of hydrogen-bond acceptors (Lipinski definition) is 6. The van der Waals surface area contributed by atoms with Crippen LogP contribution in [0.3, 0.4) is 0 Å². The first-order valence-electron chi connectivity index (χ1n) is 11.7. The first-order chi connectivity index (χ1) is 17.0. The van der Waals surface area contributed by atoms with Gasteiger partial charge >= 0.3 is 0 Å². The van der Waals surface area contributed by atoms with Crippen molar-refractivity contribution in [3.8, 4) is 11.5 Å². The summed E-state index contributed by atoms with van der Waals surface area (Å²) in [6.07, 6.45) is 4.52. The molecule has 1 fully saturated rings. The highest BCUT2D eigenvalue weighted by Gasteiger charge is 2.34. The van der Waals surface area contributed by atoms with Gasteiger partial charge in [-0.25, -0.2) is 0 Å². The van der Waals surface area contributed by atoms with Crippen molar-refractivity contribution in [1.82, 2.24) is 0 Å². The van der Waals surface area contributed by atoms with E-state index in [1.54, 1.807) is 26.4 Å². The normalized spacial score (nSPS) is 18.6. The number of aliphatic imine (C=N–C) groups is 1. The van der Waals surface area contributed by atoms with Gasteiger partial charge in [0.2, 0.25) is 0 Å². The van der Waals surface area contributed by atoms with Crippen molar-refractivity contribution < 1.29 is 19.2 Å². The molecule has 1 aliphatic heterocycles. The molecule has 178 valence electrons. The molecule has 0 unspecified atom stereocenters. The smallest absolute Gasteiger partial charge is 0.269 e. The fourth-order valence-corrected chi connectivity index (χ4v) is 5.18. The van der Waals surface area contributed by atoms with Crippen LogP contribution in [0.4, 0.5) is 5.69 Å². The van der Waals surface area contributed by atoms with Crippen molar-refractivity contribution in [2.45, 2.75) is 37.6 Å². The third-order valence-corrected chi connectivity index (χ3v) is 7.00. The van der Waals surface area contributed by atoms with E-state index in [1.807, 2.05) is 18.2 Å². The van der Waals surface area contributed by atoms with Crippen molar-refractivity contribution in [3.05, 3.63) is 98.6 Å². The van der Waals surface area contributed by atoms with Gasteiger partial charge in [0.25, 0.3) is 5.69 Å². The monoisotopic (exact) mass is 470 g/mol. The fraction of sp³-hybridized carbons (Fsp3) is 0.286. The van der Waals surface area contributed by atoms with E-state index in [1.165, 1.54) is 42.7 Å². The van der Waals surface area contributed by atoms with E-state index in [2.05, 4.69) is 6.07 Å². The number of methoxy groups -OCH3 is 2. The molecule has 0 radical (unpaired) electrons. The van der Waals surface area contributed by atoms with Gasteiger partial charge in [-0.2, -0.15) is 0 Å². The molecule has 0 aromatic heterocycles. The Morgan fingerprint density at radius 3 is 2.14 bits per heavy atom. The Kier molecular flexibility index (Phi) is 6.07. The Morgan fingerprint density at radius 1 is 0.914 bits per heavy atom. The van der Waals surface area contributed by atoms with E-state index in [0.717, 1.165) is 35.4 Å². The quantitative estimate of drug-likeness (QED) is 0.261. The van der Waals surface area contributed by atoms with Gasteiger partial charge in [0, 0.05) is 40.3 Å². The predicted molar refractivity (Wildman–Crippen MR) is 133 cm³/mol. The molecule has 7 heteroatoms. The van der Waals surface area contributed by atoms with Crippen LogP contribution >= 0.6 is 0 Å². The van der Waals surface area contributed by atoms with Crippen LogP contribution in [0.15, 0.2) is 65.7 Å². The SMILES string of the molecule is COc1cc2c(cc1OC)[C@@H]1CCCC[C@@H]1N=C2c1ccc(C(=O)c2ccc([N+](=O)[O-])cc2)cc1. The molecule has 0 spiro atoms. The van der Waals surface area contributed by atoms with Gasteiger partial charge in [-0.3, -0.25) is 19.9 Å². The molecule has 0 N–H and O–H groups in total. The zero-order chi connectivity index (χ0) is 24.5. The zero-order valence-corrected chi connectivity index (χ0v) is 19.7. The minimum absolute atomic E-state index is 0.0426. The molecule has 0 bridgehead atoms. The van der Waals surface area contributed by atoms with Crippen molar-refractivity contribution in [3.63, 3.8) is 0 Å². The van der Waals surface area contributed by atoms with Gasteiger partial charge in [0.1, 0.15) is 0 Å². The Hall–Kier alpha value is -4.00. The second-order valence-electron chi connectivity index (χ2n) is 8.94. The lowest BCUT2D eigenvalue weighted by molar-refractivity contribution is -0.384. The highest BCUT2D eigenvalue weighted by molar-refractivity contribution is 6.16. The topological polar surface area (TPSA) is 91.0 Å². The molecule has 0 amide bonds. The van der Waals surface area contributed by atoms with E-state index in [9.17, 15) is 14.9 Å². The average Bonchev–Trinajstić information content (AvgIpc) is 2.91. The summed E-state index contributed by atoms with van der Waals surface area (Å²) in [4.78, 5) is 28.5. The van der Waals surface area contributed by atoms with E-state index in [4.69, 9.17) is 14.5 Å². The van der Waals surface area contributed by atoms with Gasteiger partial charge in [0.15, 0.2) is 17.3 Å². The molecule has 3 aromatic carbocycles. The van der Waals surface area contributed by atoms with Crippen molar-refractivity contribution in [1.29, 1.82) is 0 Å². The highest BCUT2D eigenvalue weighted by atomic mass is 16.6. The summed E-state index contributed by atoms with van der Waals surface area (Å²) >= 11 is 0. The fourth-order valence-electron chi connectivity index (χ4n) is 5.18. The first kappa shape index (κ1) is 22.8. The molecule has 2 aliphatic rings. The van der Waals surface area contributed by atoms with Crippen molar-refractivity contribution >= 4 is 17.2 Å². The number of hydrogen-bond donors (Lipinski definition) is 0. The number of carbonyl (C=O) groups is 1. The Labute approximate surface area is 203 Å². The third kappa shape index (κ3) is 4.18. The maximum Gasteiger partial charge on any atom is 0.269 e. The lowest BCUT2D eigenvalue weighted by Crippen LogP contribution is -2.29. The van der Waals surface area contributed by atoms with Crippen LogP contribution in [0, 0.1) is 10.1 Å². The van der Waals surface area contributed by atoms with Gasteiger partial charge in [-0.05, 0) is 42.7 Å². The lowest BCUT2D eigenvalue weighted by atomic mass is 9.75. The van der Waals surface area contributed by atoms with E-state index >= 15 is 0 Å². The maximum atomic E-state index is 12.9. The minimum Gasteiger partial charge on any atom is -0.493 e. The molecule has 0 saturated heterocycles. The van der Waals surface area contributed by atoms with Crippen LogP contribution in [0.25, 0.3) is 0 Å². The van der Waals surface area contributed by atoms with Gasteiger partial charge in [-0.15, -0.1) is 0 Å². The summed E-state index contributed by atoms with van der Waals surface area (Å²) in [5.41, 5.74) is 5.00. The standard InChI is InChI=1S/C28H26N2O5/c1-34-25-15-22-21-5-3-4-6-24(21)29-27(23(22)16-26(25)35-2)17-7-9-18(10-8-17)28(31)19-11-13-20(14-12-19)30(32)33/h7-16,21,24H,3-6H2,1-2H3/t21-,24-/m0/s1. The predicted octanol–water partition coefficient (Wildman–Crippen LogP) is 5.72. The average molecular weight is 471 g/mol. The molecule has 35 heavy (non-hydrogen) atoms. The van der Waals surface area contributed by atoms with Crippen LogP contribution in [0.5, 0.6) is 11.5 Å². The van der Waals surface area contributed by atoms with Crippen molar-refractivity contribution in [2.75, 3.05) is 14.2 Å². The summed E-state index contributed by atoms with van der Waals surface area (Å²) in [6.45, 7) is 0. The minimum atomic E-state index is -0.479. The molecule has 1 heterocycles. The Morgan fingerprint density at radius 2 is 1.51 bits per heavy atom. The molecular formula is C28H26N2O5. The molecule has 2 atom stereocenters. The van der Waals surface area contributed by atoms with Crippen LogP contribution in [-0.2, 0) is 0 Å². The molecule has 1 saturated carbocycles. The number of nitro benzene ring substituents is 1. The highest BCUT2D eigenvalue weighted by Crippen LogP contribution is 2.44. The van der Waals surface area contributed by atoms with Crippen molar-refractivity contribution in [2.24, 2.45) is 4.99 Å². The molecular weight excluding hydrogens is 444 g/mol. The molecule has 1 aliphatic carbocycles. The summed E-state index contributed by atoms with van der Waals surface area (Å²) in [6, 6.07) is 17.4. The summed E-state index contributed by atoms with van der Waals surface area (Å²) < 4.78 is 11.2. The second kappa shape index (κ2) is 9.33. The van der Waals surface area contributed by atoms with E-state index < -0.39 is 4.92 Å². The lowest BCUT2D eigenvalue weighted by Gasteiger charge is -2.35. The Bertz CT molecular complexity index is 1310. The first-order valence-corrected chi connectivity index (χ1v) is 11.7. The van der Waals surface area contributed by atoms with Gasteiger partial charge < -0.3 is 9.47 Å². The number of rotatable bonds is 6. The summed E-state index contributed by atoms with van der Waals surface area (Å²) in [5.74, 6) is 1.57. The largest absolute Gasteiger partial charge is 0.493 e. The van der Waals surface area contributed by atoms with Crippen LogP contribution in [-0.4, -0.2) is 36.7 Å². The number of benzene rings is 3. The second-order valence-corrected chi connectivity index (χ2v) is 8.94. The van der Waals surface area contributed by atoms with E-state index in [0.29, 0.717) is 22.8 Å². The van der Waals surface area contributed by atoms with E-state index in [-0.39, 0.29) is 17.5 Å². The molecule has 3 aromatic rings. The summed E-state index contributed by atoms with van der Waals surface area (Å²) in [7, 11) is 3.28. The number of ketones is 1.